The summed E-state index contributed by atoms with van der Waals surface area (Å²) in [5.74, 6) is 0.961. The minimum Gasteiger partial charge on any atom is -0.384 e. The molecule has 1 aliphatic carbocycles. The maximum absolute atomic E-state index is 12.4. The molecular weight excluding hydrogens is 254 g/mol. The van der Waals surface area contributed by atoms with Crippen LogP contribution in [0.4, 0.5) is 5.82 Å². The third-order valence-electron chi connectivity index (χ3n) is 4.06. The summed E-state index contributed by atoms with van der Waals surface area (Å²) in [6.07, 6.45) is 4.30. The van der Waals surface area contributed by atoms with Gasteiger partial charge in [-0.3, -0.25) is 4.79 Å². The lowest BCUT2D eigenvalue weighted by atomic mass is 10.1. The van der Waals surface area contributed by atoms with Crippen LogP contribution in [0.15, 0.2) is 12.1 Å². The molecule has 5 nitrogen and oxygen atoms in total. The Labute approximate surface area is 118 Å². The quantitative estimate of drug-likeness (QED) is 0.873. The highest BCUT2D eigenvalue weighted by atomic mass is 16.5. The van der Waals surface area contributed by atoms with Crippen molar-refractivity contribution in [1.29, 1.82) is 0 Å². The number of carbonyl (C=O) groups is 1. The second kappa shape index (κ2) is 5.40. The number of rotatable bonds is 4. The zero-order valence-electron chi connectivity index (χ0n) is 11.8. The second-order valence-electron chi connectivity index (χ2n) is 5.67. The van der Waals surface area contributed by atoms with E-state index in [2.05, 4.69) is 10.3 Å². The highest BCUT2D eigenvalue weighted by molar-refractivity contribution is 5.95. The van der Waals surface area contributed by atoms with Crippen molar-refractivity contribution in [2.24, 2.45) is 5.92 Å². The molecule has 5 heteroatoms. The molecule has 1 amide bonds. The maximum Gasteiger partial charge on any atom is 0.251 e. The zero-order valence-corrected chi connectivity index (χ0v) is 11.8. The van der Waals surface area contributed by atoms with Gasteiger partial charge in [0.2, 0.25) is 0 Å². The first kappa shape index (κ1) is 13.4. The van der Waals surface area contributed by atoms with Crippen LogP contribution in [0.3, 0.4) is 0 Å². The summed E-state index contributed by atoms with van der Waals surface area (Å²) in [6.45, 7) is 2.74. The Morgan fingerprint density at radius 3 is 2.95 bits per heavy atom. The highest BCUT2D eigenvalue weighted by Gasteiger charge is 2.41. The molecule has 1 aromatic rings. The first-order valence-electron chi connectivity index (χ1n) is 7.36. The fraction of sp³-hybridized carbons (Fsp3) is 0.600. The van der Waals surface area contributed by atoms with Gasteiger partial charge in [-0.2, -0.15) is 0 Å². The van der Waals surface area contributed by atoms with E-state index in [0.29, 0.717) is 17.3 Å². The number of anilines is 1. The summed E-state index contributed by atoms with van der Waals surface area (Å²) in [4.78, 5) is 16.6. The summed E-state index contributed by atoms with van der Waals surface area (Å²) in [6, 6.07) is 3.58. The lowest BCUT2D eigenvalue weighted by molar-refractivity contribution is 0.0729. The number of pyridine rings is 1. The number of ether oxygens (including phenoxy) is 1. The summed E-state index contributed by atoms with van der Waals surface area (Å²) in [5.41, 5.74) is 7.19. The lowest BCUT2D eigenvalue weighted by Gasteiger charge is -2.19. The standard InChI is InChI=1S/C15H21N3O2/c1-2-11-7-10(8-13(16)17-11)15(19)18-12-5-6-20-14(12)9-3-4-9/h7-9,12,14H,2-6H2,1H3,(H2,16,17)(H,18,19). The van der Waals surface area contributed by atoms with E-state index in [1.165, 1.54) is 12.8 Å². The molecule has 0 radical (unpaired) electrons. The Morgan fingerprint density at radius 1 is 1.45 bits per heavy atom. The molecule has 1 aliphatic heterocycles. The first-order chi connectivity index (χ1) is 9.67. The third-order valence-corrected chi connectivity index (χ3v) is 4.06. The van der Waals surface area contributed by atoms with Crippen molar-refractivity contribution in [3.63, 3.8) is 0 Å². The molecule has 3 N–H and O–H groups in total. The number of aromatic nitrogens is 1. The molecule has 1 saturated carbocycles. The van der Waals surface area contributed by atoms with E-state index in [-0.39, 0.29) is 18.1 Å². The molecule has 2 aliphatic rings. The normalized spacial score (nSPS) is 25.6. The van der Waals surface area contributed by atoms with Crippen LogP contribution >= 0.6 is 0 Å². The van der Waals surface area contributed by atoms with Gasteiger partial charge in [0.25, 0.3) is 5.91 Å². The van der Waals surface area contributed by atoms with Crippen molar-refractivity contribution in [1.82, 2.24) is 10.3 Å². The van der Waals surface area contributed by atoms with Gasteiger partial charge >= 0.3 is 0 Å². The van der Waals surface area contributed by atoms with Crippen molar-refractivity contribution >= 4 is 11.7 Å². The van der Waals surface area contributed by atoms with E-state index in [1.54, 1.807) is 6.07 Å². The average molecular weight is 275 g/mol. The topological polar surface area (TPSA) is 77.2 Å². The van der Waals surface area contributed by atoms with Crippen LogP contribution < -0.4 is 11.1 Å². The van der Waals surface area contributed by atoms with Crippen LogP contribution in [-0.2, 0) is 11.2 Å². The van der Waals surface area contributed by atoms with Crippen molar-refractivity contribution in [3.05, 3.63) is 23.4 Å². The van der Waals surface area contributed by atoms with E-state index < -0.39 is 0 Å². The molecule has 0 aromatic carbocycles. The van der Waals surface area contributed by atoms with Gasteiger partial charge in [0.15, 0.2) is 0 Å². The Hall–Kier alpha value is -1.62. The number of nitrogens with one attached hydrogen (secondary N) is 1. The minimum atomic E-state index is -0.0741. The largest absolute Gasteiger partial charge is 0.384 e. The smallest absolute Gasteiger partial charge is 0.251 e. The van der Waals surface area contributed by atoms with Crippen molar-refractivity contribution in [3.8, 4) is 0 Å². The number of nitrogen functional groups attached to an aromatic ring is 1. The summed E-state index contributed by atoms with van der Waals surface area (Å²) in [7, 11) is 0. The average Bonchev–Trinajstić information content (AvgIpc) is 3.18. The monoisotopic (exact) mass is 275 g/mol. The summed E-state index contributed by atoms with van der Waals surface area (Å²) >= 11 is 0. The molecule has 2 fully saturated rings. The number of nitrogens with two attached hydrogens (primary N) is 1. The first-order valence-corrected chi connectivity index (χ1v) is 7.36. The van der Waals surface area contributed by atoms with E-state index in [0.717, 1.165) is 25.1 Å². The predicted octanol–water partition coefficient (Wildman–Crippen LogP) is 1.52. The minimum absolute atomic E-state index is 0.0741. The second-order valence-corrected chi connectivity index (χ2v) is 5.67. The lowest BCUT2D eigenvalue weighted by Crippen LogP contribution is -2.41. The van der Waals surface area contributed by atoms with Crippen molar-refractivity contribution in [2.75, 3.05) is 12.3 Å². The van der Waals surface area contributed by atoms with Crippen LogP contribution in [0.5, 0.6) is 0 Å². The Morgan fingerprint density at radius 2 is 2.25 bits per heavy atom. The molecule has 20 heavy (non-hydrogen) atoms. The van der Waals surface area contributed by atoms with E-state index >= 15 is 0 Å². The molecule has 3 rings (SSSR count). The number of hydrogen-bond donors (Lipinski definition) is 2. The van der Waals surface area contributed by atoms with Crippen LogP contribution in [0.2, 0.25) is 0 Å². The molecule has 1 aromatic heterocycles. The highest BCUT2D eigenvalue weighted by Crippen LogP contribution is 2.38. The van der Waals surface area contributed by atoms with E-state index in [1.807, 2.05) is 13.0 Å². The Balaban J connectivity index is 1.70. The molecule has 2 heterocycles. The number of nitrogens with zero attached hydrogens (tertiary/aromatic N) is 1. The van der Waals surface area contributed by atoms with Crippen LogP contribution in [0, 0.1) is 5.92 Å². The van der Waals surface area contributed by atoms with Gasteiger partial charge in [-0.25, -0.2) is 4.98 Å². The fourth-order valence-corrected chi connectivity index (χ4v) is 2.83. The number of aryl methyl sites for hydroxylation is 1. The number of carbonyl (C=O) groups excluding carboxylic acids is 1. The summed E-state index contributed by atoms with van der Waals surface area (Å²) in [5, 5.41) is 3.10. The molecule has 2 unspecified atom stereocenters. The number of amides is 1. The van der Waals surface area contributed by atoms with Gasteiger partial charge in [-0.15, -0.1) is 0 Å². The van der Waals surface area contributed by atoms with Crippen molar-refractivity contribution in [2.45, 2.75) is 44.8 Å². The molecular formula is C15H21N3O2. The molecule has 1 saturated heterocycles. The molecule has 0 spiro atoms. The Bertz CT molecular complexity index is 514. The predicted molar refractivity (Wildman–Crippen MR) is 76.4 cm³/mol. The molecule has 0 bridgehead atoms. The molecule has 108 valence electrons. The SMILES string of the molecule is CCc1cc(C(=O)NC2CCOC2C2CC2)cc(N)n1. The van der Waals surface area contributed by atoms with E-state index in [9.17, 15) is 4.79 Å². The van der Waals surface area contributed by atoms with Gasteiger partial charge < -0.3 is 15.8 Å². The van der Waals surface area contributed by atoms with Gasteiger partial charge in [0, 0.05) is 17.9 Å². The fourth-order valence-electron chi connectivity index (χ4n) is 2.83. The van der Waals surface area contributed by atoms with Crippen LogP contribution in [0.25, 0.3) is 0 Å². The van der Waals surface area contributed by atoms with Crippen molar-refractivity contribution < 1.29 is 9.53 Å². The van der Waals surface area contributed by atoms with Gasteiger partial charge in [-0.1, -0.05) is 6.92 Å². The van der Waals surface area contributed by atoms with Crippen LogP contribution in [0.1, 0.15) is 42.2 Å². The third kappa shape index (κ3) is 2.77. The van der Waals surface area contributed by atoms with Gasteiger partial charge in [-0.05, 0) is 43.7 Å². The summed E-state index contributed by atoms with van der Waals surface area (Å²) < 4.78 is 5.74. The maximum atomic E-state index is 12.4. The zero-order chi connectivity index (χ0) is 14.1. The Kier molecular flexibility index (Phi) is 3.61. The molecule has 2 atom stereocenters. The van der Waals surface area contributed by atoms with Gasteiger partial charge in [0.1, 0.15) is 5.82 Å². The number of hydrogen-bond acceptors (Lipinski definition) is 4. The van der Waals surface area contributed by atoms with Gasteiger partial charge in [0.05, 0.1) is 12.1 Å². The van der Waals surface area contributed by atoms with Crippen LogP contribution in [-0.4, -0.2) is 29.6 Å². The van der Waals surface area contributed by atoms with E-state index in [4.69, 9.17) is 10.5 Å².